The molecule has 3 rings (SSSR count). The van der Waals surface area contributed by atoms with Crippen molar-refractivity contribution in [3.05, 3.63) is 65.6 Å². The highest BCUT2D eigenvalue weighted by Crippen LogP contribution is 2.45. The summed E-state index contributed by atoms with van der Waals surface area (Å²) < 4.78 is 18.5. The van der Waals surface area contributed by atoms with Gasteiger partial charge in [-0.25, -0.2) is 9.80 Å². The highest BCUT2D eigenvalue weighted by molar-refractivity contribution is 6.77. The van der Waals surface area contributed by atoms with Gasteiger partial charge in [-0.15, -0.1) is 0 Å². The molecule has 0 fully saturated rings. The predicted octanol–water partition coefficient (Wildman–Crippen LogP) is 6.61. The summed E-state index contributed by atoms with van der Waals surface area (Å²) in [5.41, 5.74) is 1.07. The van der Waals surface area contributed by atoms with Crippen LogP contribution in [0.2, 0.25) is 16.6 Å². The summed E-state index contributed by atoms with van der Waals surface area (Å²) in [5, 5.41) is 3.44. The van der Waals surface area contributed by atoms with E-state index in [-0.39, 0.29) is 29.1 Å². The lowest BCUT2D eigenvalue weighted by molar-refractivity contribution is -0.151. The summed E-state index contributed by atoms with van der Waals surface area (Å²) in [7, 11) is -0.915. The van der Waals surface area contributed by atoms with Gasteiger partial charge in [-0.05, 0) is 55.6 Å². The first-order valence-corrected chi connectivity index (χ1v) is 15.6. The summed E-state index contributed by atoms with van der Waals surface area (Å²) in [6.07, 6.45) is 7.47. The zero-order valence-corrected chi connectivity index (χ0v) is 25.6. The van der Waals surface area contributed by atoms with E-state index in [2.05, 4.69) is 41.5 Å². The van der Waals surface area contributed by atoms with Gasteiger partial charge in [0.05, 0.1) is 19.2 Å². The van der Waals surface area contributed by atoms with Crippen LogP contribution in [0.25, 0.3) is 0 Å². The van der Waals surface area contributed by atoms with Gasteiger partial charge in [-0.1, -0.05) is 65.8 Å². The monoisotopic (exact) mass is 540 g/mol. The van der Waals surface area contributed by atoms with Gasteiger partial charge in [0.25, 0.3) is 14.2 Å². The molecule has 208 valence electrons. The zero-order chi connectivity index (χ0) is 28.4. The van der Waals surface area contributed by atoms with E-state index >= 15 is 0 Å². The molecule has 0 aromatic heterocycles. The van der Waals surface area contributed by atoms with Gasteiger partial charge in [-0.3, -0.25) is 9.80 Å². The van der Waals surface area contributed by atoms with Gasteiger partial charge in [-0.2, -0.15) is 0 Å². The molecule has 0 saturated heterocycles. The summed E-state index contributed by atoms with van der Waals surface area (Å²) in [4.78, 5) is 27.8. The maximum atomic E-state index is 14.0. The van der Waals surface area contributed by atoms with Crippen LogP contribution in [0.5, 0.6) is 5.75 Å². The molecule has 0 aliphatic carbocycles. The number of fused-ring (bicyclic) bond motifs is 1. The lowest BCUT2D eigenvalue weighted by Crippen LogP contribution is -2.57. The number of para-hydroxylation sites is 1. The third-order valence-corrected chi connectivity index (χ3v) is 13.3. The molecule has 1 aromatic rings. The standard InChI is InChI=1S/C30H44N2O5Si/c1-20(2)38(21(3)4,22(5)6)37-26-19-32(28(33)23-15-11-12-17-25(23)35-10)31-18-14-13-16-24(31)27(26)29(34)36-30(7,8)9/h11-18,20-22,24H,19H2,1-10H3/t24-/m0/s1. The molecular formula is C30H44N2O5Si. The van der Waals surface area contributed by atoms with Crippen molar-refractivity contribution in [2.24, 2.45) is 0 Å². The third kappa shape index (κ3) is 5.70. The second-order valence-electron chi connectivity index (χ2n) is 11.9. The number of carbonyl (C=O) groups excluding carboxylic acids is 2. The Kier molecular flexibility index (Phi) is 8.86. The van der Waals surface area contributed by atoms with Crippen LogP contribution in [0.3, 0.4) is 0 Å². The number of hydrogen-bond acceptors (Lipinski definition) is 6. The first-order chi connectivity index (χ1) is 17.7. The van der Waals surface area contributed by atoms with Gasteiger partial charge < -0.3 is 13.9 Å². The molecule has 1 atom stereocenters. The number of ether oxygens (including phenoxy) is 2. The van der Waals surface area contributed by atoms with Crippen molar-refractivity contribution < 1.29 is 23.5 Å². The second kappa shape index (κ2) is 11.4. The molecule has 0 bridgehead atoms. The molecule has 1 aromatic carbocycles. The van der Waals surface area contributed by atoms with Crippen LogP contribution in [-0.4, -0.2) is 55.5 Å². The molecular weight excluding hydrogens is 496 g/mol. The Morgan fingerprint density at radius 3 is 2.13 bits per heavy atom. The normalized spacial score (nSPS) is 17.9. The van der Waals surface area contributed by atoms with Crippen LogP contribution in [0.15, 0.2) is 60.0 Å². The van der Waals surface area contributed by atoms with Gasteiger partial charge >= 0.3 is 5.97 Å². The Hall–Kier alpha value is -3.00. The van der Waals surface area contributed by atoms with E-state index in [9.17, 15) is 9.59 Å². The SMILES string of the molecule is COc1ccccc1C(=O)N1CC(O[Si](C(C)C)(C(C)C)C(C)C)=C(C(=O)OC(C)(C)C)[C@@H]2C=CC=CN21. The fourth-order valence-electron chi connectivity index (χ4n) is 5.77. The Morgan fingerprint density at radius 2 is 1.58 bits per heavy atom. The summed E-state index contributed by atoms with van der Waals surface area (Å²) in [6.45, 7) is 18.9. The molecule has 0 N–H and O–H groups in total. The van der Waals surface area contributed by atoms with Crippen molar-refractivity contribution in [3.8, 4) is 5.75 Å². The summed E-state index contributed by atoms with van der Waals surface area (Å²) in [6, 6.07) is 6.63. The van der Waals surface area contributed by atoms with Crippen LogP contribution >= 0.6 is 0 Å². The molecule has 8 heteroatoms. The molecule has 7 nitrogen and oxygen atoms in total. The molecule has 2 heterocycles. The van der Waals surface area contributed by atoms with E-state index in [1.807, 2.05) is 57.3 Å². The minimum Gasteiger partial charge on any atom is -0.544 e. The molecule has 2 aliphatic rings. The molecule has 38 heavy (non-hydrogen) atoms. The van der Waals surface area contributed by atoms with E-state index in [1.165, 1.54) is 0 Å². The van der Waals surface area contributed by atoms with Crippen molar-refractivity contribution in [1.82, 2.24) is 10.0 Å². The zero-order valence-electron chi connectivity index (χ0n) is 24.6. The number of benzene rings is 1. The van der Waals surface area contributed by atoms with Crippen LogP contribution < -0.4 is 4.74 Å². The van der Waals surface area contributed by atoms with Gasteiger partial charge in [0.1, 0.15) is 28.7 Å². The molecule has 1 amide bonds. The first kappa shape index (κ1) is 29.6. The Labute approximate surface area is 229 Å². The van der Waals surface area contributed by atoms with E-state index in [1.54, 1.807) is 29.3 Å². The van der Waals surface area contributed by atoms with Crippen LogP contribution in [0.1, 0.15) is 72.7 Å². The number of carbonyl (C=O) groups is 2. The van der Waals surface area contributed by atoms with Gasteiger partial charge in [0, 0.05) is 6.20 Å². The summed E-state index contributed by atoms with van der Waals surface area (Å²) >= 11 is 0. The lowest BCUT2D eigenvalue weighted by Gasteiger charge is -2.49. The number of hydrogen-bond donors (Lipinski definition) is 0. The van der Waals surface area contributed by atoms with Gasteiger partial charge in [0.15, 0.2) is 0 Å². The average molecular weight is 541 g/mol. The Balaban J connectivity index is 2.22. The van der Waals surface area contributed by atoms with E-state index in [0.717, 1.165) is 0 Å². The Morgan fingerprint density at radius 1 is 0.974 bits per heavy atom. The van der Waals surface area contributed by atoms with E-state index < -0.39 is 25.9 Å². The topological polar surface area (TPSA) is 68.3 Å². The first-order valence-electron chi connectivity index (χ1n) is 13.5. The number of methoxy groups -OCH3 is 1. The number of hydrazine groups is 1. The minimum absolute atomic E-state index is 0.112. The fourth-order valence-corrected chi connectivity index (χ4v) is 11.1. The highest BCUT2D eigenvalue weighted by atomic mass is 28.4. The van der Waals surface area contributed by atoms with Crippen molar-refractivity contribution in [2.45, 2.75) is 90.6 Å². The van der Waals surface area contributed by atoms with Gasteiger partial charge in [0.2, 0.25) is 0 Å². The lowest BCUT2D eigenvalue weighted by atomic mass is 9.99. The largest absolute Gasteiger partial charge is 0.544 e. The minimum atomic E-state index is -2.47. The number of nitrogens with zero attached hydrogens (tertiary/aromatic N) is 2. The number of rotatable bonds is 8. The van der Waals surface area contributed by atoms with Crippen LogP contribution in [-0.2, 0) is 14.0 Å². The summed E-state index contributed by atoms with van der Waals surface area (Å²) in [5.74, 6) is 0.352. The quantitative estimate of drug-likeness (QED) is 0.273. The molecule has 2 aliphatic heterocycles. The smallest absolute Gasteiger partial charge is 0.340 e. The fraction of sp³-hybridized carbons (Fsp3) is 0.533. The number of allylic oxidation sites excluding steroid dienone is 2. The second-order valence-corrected chi connectivity index (χ2v) is 17.2. The van der Waals surface area contributed by atoms with E-state index in [4.69, 9.17) is 13.9 Å². The van der Waals surface area contributed by atoms with Crippen molar-refractivity contribution in [2.75, 3.05) is 13.7 Å². The maximum absolute atomic E-state index is 14.0. The molecule has 0 radical (unpaired) electrons. The average Bonchev–Trinajstić information content (AvgIpc) is 2.84. The molecule has 0 saturated carbocycles. The maximum Gasteiger partial charge on any atom is 0.340 e. The van der Waals surface area contributed by atoms with Crippen molar-refractivity contribution in [3.63, 3.8) is 0 Å². The molecule has 0 unspecified atom stereocenters. The number of amides is 1. The van der Waals surface area contributed by atoms with Crippen LogP contribution in [0.4, 0.5) is 0 Å². The van der Waals surface area contributed by atoms with E-state index in [0.29, 0.717) is 22.6 Å². The Bertz CT molecular complexity index is 1110. The molecule has 0 spiro atoms. The van der Waals surface area contributed by atoms with Crippen LogP contribution in [0, 0.1) is 0 Å². The number of esters is 1. The predicted molar refractivity (Wildman–Crippen MR) is 153 cm³/mol. The van der Waals surface area contributed by atoms with Crippen molar-refractivity contribution >= 4 is 20.2 Å². The third-order valence-electron chi connectivity index (χ3n) is 7.29. The highest BCUT2D eigenvalue weighted by Gasteiger charge is 2.50. The van der Waals surface area contributed by atoms with Crippen molar-refractivity contribution in [1.29, 1.82) is 0 Å².